The summed E-state index contributed by atoms with van der Waals surface area (Å²) in [6.45, 7) is 3.03. The molecule has 0 radical (unpaired) electrons. The monoisotopic (exact) mass is 260 g/mol. The van der Waals surface area contributed by atoms with Crippen LogP contribution in [0.1, 0.15) is 22.8 Å². The zero-order chi connectivity index (χ0) is 14.3. The first-order valence-electron chi connectivity index (χ1n) is 6.12. The van der Waals surface area contributed by atoms with E-state index in [0.29, 0.717) is 11.1 Å². The van der Waals surface area contributed by atoms with E-state index in [0.717, 1.165) is 6.54 Å². The Kier molecular flexibility index (Phi) is 6.00. The highest BCUT2D eigenvalue weighted by atomic mass is 16.1. The summed E-state index contributed by atoms with van der Waals surface area (Å²) in [4.78, 5) is 18.1. The van der Waals surface area contributed by atoms with Gasteiger partial charge in [0.05, 0.1) is 12.1 Å². The van der Waals surface area contributed by atoms with Crippen molar-refractivity contribution in [3.63, 3.8) is 0 Å². The first-order chi connectivity index (χ1) is 9.02. The van der Waals surface area contributed by atoms with E-state index in [-0.39, 0.29) is 18.5 Å². The molecule has 0 spiro atoms. The third kappa shape index (κ3) is 5.51. The summed E-state index contributed by atoms with van der Waals surface area (Å²) in [6, 6.07) is 1.79. The number of aromatic nitrogens is 1. The van der Waals surface area contributed by atoms with Crippen molar-refractivity contribution in [2.75, 3.05) is 27.2 Å². The van der Waals surface area contributed by atoms with E-state index in [2.05, 4.69) is 22.1 Å². The molecule has 0 aliphatic rings. The fraction of sp³-hybridized carbons (Fsp3) is 0.429. The average molecular weight is 260 g/mol. The maximum absolute atomic E-state index is 12.0. The second-order valence-electron chi connectivity index (χ2n) is 4.60. The van der Waals surface area contributed by atoms with Gasteiger partial charge >= 0.3 is 0 Å². The summed E-state index contributed by atoms with van der Waals surface area (Å²) in [5, 5.41) is 2.92. The number of carbonyl (C=O) groups excluding carboxylic acids is 1. The molecule has 1 amide bonds. The predicted molar refractivity (Wildman–Crippen MR) is 75.7 cm³/mol. The number of nitrogens with zero attached hydrogens (tertiary/aromatic N) is 2. The van der Waals surface area contributed by atoms with Crippen LogP contribution in [-0.4, -0.2) is 49.0 Å². The lowest BCUT2D eigenvalue weighted by Gasteiger charge is -2.18. The Morgan fingerprint density at radius 3 is 2.89 bits per heavy atom. The van der Waals surface area contributed by atoms with Gasteiger partial charge in [-0.25, -0.2) is 0 Å². The van der Waals surface area contributed by atoms with Gasteiger partial charge in [-0.05, 0) is 27.1 Å². The van der Waals surface area contributed by atoms with Crippen LogP contribution in [0.4, 0.5) is 0 Å². The van der Waals surface area contributed by atoms with Gasteiger partial charge in [-0.3, -0.25) is 9.78 Å². The van der Waals surface area contributed by atoms with Crippen LogP contribution in [0.5, 0.6) is 0 Å². The smallest absolute Gasteiger partial charge is 0.253 e. The summed E-state index contributed by atoms with van der Waals surface area (Å²) in [5.41, 5.74) is 6.51. The Labute approximate surface area is 114 Å². The molecule has 1 atom stereocenters. The number of amides is 1. The summed E-state index contributed by atoms with van der Waals surface area (Å²) >= 11 is 0. The molecule has 0 bridgehead atoms. The maximum atomic E-state index is 12.0. The Balaban J connectivity index is 2.71. The molecule has 19 heavy (non-hydrogen) atoms. The van der Waals surface area contributed by atoms with Gasteiger partial charge in [-0.1, -0.05) is 11.8 Å². The van der Waals surface area contributed by atoms with Crippen LogP contribution in [0.2, 0.25) is 0 Å². The molecule has 1 aromatic rings. The topological polar surface area (TPSA) is 71.2 Å². The van der Waals surface area contributed by atoms with E-state index in [9.17, 15) is 4.79 Å². The van der Waals surface area contributed by atoms with E-state index in [4.69, 9.17) is 5.73 Å². The SMILES string of the molecule is CC(CN(C)C)NC(=O)c1cncc(C#CCN)c1. The molecule has 5 nitrogen and oxygen atoms in total. The second-order valence-corrected chi connectivity index (χ2v) is 4.60. The van der Waals surface area contributed by atoms with Crippen molar-refractivity contribution in [2.24, 2.45) is 5.73 Å². The van der Waals surface area contributed by atoms with E-state index in [1.807, 2.05) is 25.9 Å². The second kappa shape index (κ2) is 7.52. The minimum Gasteiger partial charge on any atom is -0.348 e. The van der Waals surface area contributed by atoms with Gasteiger partial charge in [0.25, 0.3) is 5.91 Å². The van der Waals surface area contributed by atoms with Crippen LogP contribution in [-0.2, 0) is 0 Å². The van der Waals surface area contributed by atoms with Gasteiger partial charge in [0, 0.05) is 30.5 Å². The number of hydrogen-bond acceptors (Lipinski definition) is 4. The lowest BCUT2D eigenvalue weighted by molar-refractivity contribution is 0.0934. The first kappa shape index (κ1) is 15.2. The molecule has 1 rings (SSSR count). The average Bonchev–Trinajstić information content (AvgIpc) is 2.35. The third-order valence-corrected chi connectivity index (χ3v) is 2.35. The molecule has 1 aromatic heterocycles. The summed E-state index contributed by atoms with van der Waals surface area (Å²) in [7, 11) is 3.93. The standard InChI is InChI=1S/C14H20N4O/c1-11(10-18(2)3)17-14(19)13-7-12(5-4-6-15)8-16-9-13/h7-9,11H,6,10,15H2,1-3H3,(H,17,19). The van der Waals surface area contributed by atoms with E-state index in [1.54, 1.807) is 12.3 Å². The number of rotatable bonds is 4. The van der Waals surface area contributed by atoms with Gasteiger partial charge < -0.3 is 16.0 Å². The Bertz CT molecular complexity index is 488. The van der Waals surface area contributed by atoms with Crippen molar-refractivity contribution in [3.8, 4) is 11.8 Å². The van der Waals surface area contributed by atoms with E-state index in [1.165, 1.54) is 6.20 Å². The number of carbonyl (C=O) groups is 1. The van der Waals surface area contributed by atoms with Crippen molar-refractivity contribution < 1.29 is 4.79 Å². The molecule has 102 valence electrons. The zero-order valence-electron chi connectivity index (χ0n) is 11.6. The van der Waals surface area contributed by atoms with Crippen molar-refractivity contribution in [2.45, 2.75) is 13.0 Å². The Hall–Kier alpha value is -1.90. The summed E-state index contributed by atoms with van der Waals surface area (Å²) < 4.78 is 0. The van der Waals surface area contributed by atoms with Crippen molar-refractivity contribution in [3.05, 3.63) is 29.6 Å². The van der Waals surface area contributed by atoms with Crippen LogP contribution in [0, 0.1) is 11.8 Å². The van der Waals surface area contributed by atoms with Crippen molar-refractivity contribution in [1.82, 2.24) is 15.2 Å². The first-order valence-corrected chi connectivity index (χ1v) is 6.12. The molecule has 0 aliphatic heterocycles. The molecule has 5 heteroatoms. The summed E-state index contributed by atoms with van der Waals surface area (Å²) in [6.07, 6.45) is 3.15. The molecule has 3 N–H and O–H groups in total. The number of pyridine rings is 1. The molecule has 0 aliphatic carbocycles. The molecule has 0 saturated heterocycles. The molecule has 0 fully saturated rings. The third-order valence-electron chi connectivity index (χ3n) is 2.35. The van der Waals surface area contributed by atoms with Gasteiger partial charge in [0.15, 0.2) is 0 Å². The lowest BCUT2D eigenvalue weighted by atomic mass is 10.2. The minimum atomic E-state index is -0.141. The molecular weight excluding hydrogens is 240 g/mol. The fourth-order valence-corrected chi connectivity index (χ4v) is 1.69. The molecule has 1 heterocycles. The van der Waals surface area contributed by atoms with Crippen LogP contribution >= 0.6 is 0 Å². The lowest BCUT2D eigenvalue weighted by Crippen LogP contribution is -2.39. The molecule has 1 unspecified atom stereocenters. The molecular formula is C14H20N4O. The zero-order valence-corrected chi connectivity index (χ0v) is 11.6. The van der Waals surface area contributed by atoms with Crippen LogP contribution < -0.4 is 11.1 Å². The number of nitrogens with one attached hydrogen (secondary N) is 1. The van der Waals surface area contributed by atoms with E-state index >= 15 is 0 Å². The van der Waals surface area contributed by atoms with Crippen LogP contribution in [0.25, 0.3) is 0 Å². The quantitative estimate of drug-likeness (QED) is 0.752. The van der Waals surface area contributed by atoms with Gasteiger partial charge in [0.2, 0.25) is 0 Å². The fourth-order valence-electron chi connectivity index (χ4n) is 1.69. The summed E-state index contributed by atoms with van der Waals surface area (Å²) in [5.74, 6) is 5.46. The largest absolute Gasteiger partial charge is 0.348 e. The number of nitrogens with two attached hydrogens (primary N) is 1. The number of hydrogen-bond donors (Lipinski definition) is 2. The highest BCUT2D eigenvalue weighted by Gasteiger charge is 2.10. The highest BCUT2D eigenvalue weighted by molar-refractivity contribution is 5.94. The Morgan fingerprint density at radius 2 is 2.26 bits per heavy atom. The van der Waals surface area contributed by atoms with Gasteiger partial charge in [-0.15, -0.1) is 0 Å². The molecule has 0 aromatic carbocycles. The molecule has 0 saturated carbocycles. The number of likely N-dealkylation sites (N-methyl/N-ethyl adjacent to an activating group) is 1. The van der Waals surface area contributed by atoms with Crippen LogP contribution in [0.15, 0.2) is 18.5 Å². The Morgan fingerprint density at radius 1 is 1.53 bits per heavy atom. The normalized spacial score (nSPS) is 11.6. The van der Waals surface area contributed by atoms with E-state index < -0.39 is 0 Å². The van der Waals surface area contributed by atoms with Gasteiger partial charge in [0.1, 0.15) is 0 Å². The van der Waals surface area contributed by atoms with Crippen LogP contribution in [0.3, 0.4) is 0 Å². The predicted octanol–water partition coefficient (Wildman–Crippen LogP) is 0.0717. The van der Waals surface area contributed by atoms with Gasteiger partial charge in [-0.2, -0.15) is 0 Å². The minimum absolute atomic E-state index is 0.0706. The van der Waals surface area contributed by atoms with Crippen molar-refractivity contribution in [1.29, 1.82) is 0 Å². The maximum Gasteiger partial charge on any atom is 0.253 e. The highest BCUT2D eigenvalue weighted by Crippen LogP contribution is 2.02. The van der Waals surface area contributed by atoms with Crippen molar-refractivity contribution >= 4 is 5.91 Å².